The smallest absolute Gasteiger partial charge is 0.230 e. The van der Waals surface area contributed by atoms with Crippen LogP contribution in [0.5, 0.6) is 0 Å². The van der Waals surface area contributed by atoms with E-state index < -0.39 is 0 Å². The molecular weight excluding hydrogens is 442 g/mol. The second kappa shape index (κ2) is 9.37. The zero-order valence-electron chi connectivity index (χ0n) is 21.5. The molecular formula is C27H37N5O3. The Morgan fingerprint density at radius 2 is 1.80 bits per heavy atom. The summed E-state index contributed by atoms with van der Waals surface area (Å²) in [6.07, 6.45) is 4.65. The number of ether oxygens (including phenoxy) is 1. The zero-order chi connectivity index (χ0) is 24.9. The van der Waals surface area contributed by atoms with Gasteiger partial charge in [-0.05, 0) is 65.0 Å². The number of nitrogens with one attached hydrogen (secondary N) is 1. The van der Waals surface area contributed by atoms with E-state index in [1.165, 1.54) is 0 Å². The van der Waals surface area contributed by atoms with Crippen LogP contribution in [-0.2, 0) is 14.3 Å². The summed E-state index contributed by atoms with van der Waals surface area (Å²) in [6, 6.07) is 6.41. The molecule has 2 heterocycles. The molecule has 2 aromatic rings. The van der Waals surface area contributed by atoms with Gasteiger partial charge in [-0.1, -0.05) is 17.7 Å². The highest BCUT2D eigenvalue weighted by Gasteiger charge is 2.46. The molecule has 3 aliphatic rings. The van der Waals surface area contributed by atoms with Crippen molar-refractivity contribution in [2.75, 3.05) is 18.4 Å². The summed E-state index contributed by atoms with van der Waals surface area (Å²) in [5.41, 5.74) is 3.00. The number of benzene rings is 1. The fraction of sp³-hybridized carbons (Fsp3) is 0.630. The first kappa shape index (κ1) is 24.0. The molecule has 8 heteroatoms. The van der Waals surface area contributed by atoms with Crippen LogP contribution in [0, 0.1) is 19.8 Å². The van der Waals surface area contributed by atoms with Gasteiger partial charge in [0.05, 0.1) is 24.0 Å². The molecule has 0 spiro atoms. The molecule has 1 N–H and O–H groups in total. The second-order valence-corrected chi connectivity index (χ2v) is 10.9. The van der Waals surface area contributed by atoms with E-state index in [0.29, 0.717) is 25.0 Å². The monoisotopic (exact) mass is 479 g/mol. The molecule has 0 bridgehead atoms. The van der Waals surface area contributed by atoms with Crippen LogP contribution in [0.3, 0.4) is 0 Å². The second-order valence-electron chi connectivity index (χ2n) is 10.9. The number of nitrogens with zero attached hydrogens (tertiary/aromatic N) is 4. The molecule has 2 amide bonds. The quantitative estimate of drug-likeness (QED) is 0.646. The molecule has 1 aromatic carbocycles. The van der Waals surface area contributed by atoms with Crippen molar-refractivity contribution in [3.8, 4) is 0 Å². The molecule has 1 aliphatic heterocycles. The number of carbonyl (C=O) groups excluding carboxylic acids is 2. The van der Waals surface area contributed by atoms with E-state index in [4.69, 9.17) is 4.74 Å². The third kappa shape index (κ3) is 4.85. The molecule has 188 valence electrons. The first-order chi connectivity index (χ1) is 16.7. The molecule has 3 fully saturated rings. The van der Waals surface area contributed by atoms with Gasteiger partial charge in [0.1, 0.15) is 11.6 Å². The lowest BCUT2D eigenvalue weighted by Crippen LogP contribution is -2.34. The summed E-state index contributed by atoms with van der Waals surface area (Å²) < 4.78 is 8.28. The number of aryl methyl sites for hydroxylation is 2. The van der Waals surface area contributed by atoms with Crippen molar-refractivity contribution in [2.24, 2.45) is 5.92 Å². The van der Waals surface area contributed by atoms with Gasteiger partial charge in [0.15, 0.2) is 0 Å². The summed E-state index contributed by atoms with van der Waals surface area (Å²) in [5.74, 6) is 1.62. The van der Waals surface area contributed by atoms with E-state index >= 15 is 0 Å². The van der Waals surface area contributed by atoms with Crippen LogP contribution < -0.4 is 5.32 Å². The van der Waals surface area contributed by atoms with Crippen molar-refractivity contribution in [3.63, 3.8) is 0 Å². The topological polar surface area (TPSA) is 89.3 Å². The van der Waals surface area contributed by atoms with Crippen LogP contribution in [0.1, 0.15) is 87.1 Å². The van der Waals surface area contributed by atoms with Crippen LogP contribution >= 0.6 is 0 Å². The van der Waals surface area contributed by atoms with E-state index in [2.05, 4.69) is 40.0 Å². The van der Waals surface area contributed by atoms with Gasteiger partial charge < -0.3 is 19.5 Å². The molecule has 0 radical (unpaired) electrons. The maximum Gasteiger partial charge on any atom is 0.230 e. The SMILES string of the molecule is CC(=O)N1C[C@H](C(=O)Nc2ccc(C)cc2C)[C@@H](c2nnc(C3CC(OC(C)C)C3)n2C2CC2)C1. The first-order valence-corrected chi connectivity index (χ1v) is 12.9. The van der Waals surface area contributed by atoms with E-state index in [1.54, 1.807) is 11.8 Å². The van der Waals surface area contributed by atoms with Gasteiger partial charge in [0.25, 0.3) is 0 Å². The number of likely N-dealkylation sites (tertiary alicyclic amines) is 1. The van der Waals surface area contributed by atoms with Gasteiger partial charge in [0.2, 0.25) is 11.8 Å². The molecule has 1 aromatic heterocycles. The number of amides is 2. The molecule has 2 aliphatic carbocycles. The fourth-order valence-electron chi connectivity index (χ4n) is 5.59. The summed E-state index contributed by atoms with van der Waals surface area (Å²) in [4.78, 5) is 27.6. The van der Waals surface area contributed by atoms with E-state index in [-0.39, 0.29) is 35.9 Å². The molecule has 2 atom stereocenters. The van der Waals surface area contributed by atoms with Crippen LogP contribution in [0.2, 0.25) is 0 Å². The van der Waals surface area contributed by atoms with Gasteiger partial charge in [-0.15, -0.1) is 10.2 Å². The molecule has 5 rings (SSSR count). The highest BCUT2D eigenvalue weighted by Crippen LogP contribution is 2.46. The van der Waals surface area contributed by atoms with Crippen molar-refractivity contribution in [1.82, 2.24) is 19.7 Å². The average molecular weight is 480 g/mol. The standard InChI is InChI=1S/C27H37N5O3/c1-15(2)35-21-11-19(12-21)25-29-30-26(32(25)20-7-8-20)22-13-31(18(5)33)14-23(22)27(34)28-24-9-6-16(3)10-17(24)4/h6,9-10,15,19-23H,7-8,11-14H2,1-5H3,(H,28,34)/t19?,21?,22-,23-/m0/s1. The first-order valence-electron chi connectivity index (χ1n) is 12.9. The Kier molecular flexibility index (Phi) is 6.42. The maximum absolute atomic E-state index is 13.5. The van der Waals surface area contributed by atoms with E-state index in [9.17, 15) is 9.59 Å². The van der Waals surface area contributed by atoms with Crippen LogP contribution in [0.25, 0.3) is 0 Å². The Bertz CT molecular complexity index is 1120. The normalized spacial score (nSPS) is 26.2. The van der Waals surface area contributed by atoms with Crippen LogP contribution in [0.15, 0.2) is 18.2 Å². The summed E-state index contributed by atoms with van der Waals surface area (Å²) in [6.45, 7) is 10.7. The van der Waals surface area contributed by atoms with Gasteiger partial charge in [-0.2, -0.15) is 0 Å². The van der Waals surface area contributed by atoms with Crippen molar-refractivity contribution in [3.05, 3.63) is 41.0 Å². The Morgan fingerprint density at radius 1 is 1.09 bits per heavy atom. The van der Waals surface area contributed by atoms with Crippen molar-refractivity contribution < 1.29 is 14.3 Å². The van der Waals surface area contributed by atoms with Gasteiger partial charge >= 0.3 is 0 Å². The van der Waals surface area contributed by atoms with E-state index in [1.807, 2.05) is 26.0 Å². The van der Waals surface area contributed by atoms with Gasteiger partial charge in [-0.3, -0.25) is 9.59 Å². The predicted molar refractivity (Wildman–Crippen MR) is 133 cm³/mol. The molecule has 2 saturated carbocycles. The largest absolute Gasteiger partial charge is 0.376 e. The third-order valence-electron chi connectivity index (χ3n) is 7.66. The fourth-order valence-corrected chi connectivity index (χ4v) is 5.59. The molecule has 1 saturated heterocycles. The number of aromatic nitrogens is 3. The summed E-state index contributed by atoms with van der Waals surface area (Å²) >= 11 is 0. The number of carbonyl (C=O) groups is 2. The van der Waals surface area contributed by atoms with Crippen molar-refractivity contribution in [2.45, 2.75) is 90.4 Å². The maximum atomic E-state index is 13.5. The third-order valence-corrected chi connectivity index (χ3v) is 7.66. The minimum absolute atomic E-state index is 0.0119. The Morgan fingerprint density at radius 3 is 2.43 bits per heavy atom. The van der Waals surface area contributed by atoms with Crippen LogP contribution in [-0.4, -0.2) is 56.8 Å². The zero-order valence-corrected chi connectivity index (χ0v) is 21.5. The Labute approximate surface area is 207 Å². The Hall–Kier alpha value is -2.74. The minimum Gasteiger partial charge on any atom is -0.376 e. The van der Waals surface area contributed by atoms with Gasteiger partial charge in [0, 0.05) is 37.7 Å². The minimum atomic E-state index is -0.368. The molecule has 35 heavy (non-hydrogen) atoms. The van der Waals surface area contributed by atoms with Gasteiger partial charge in [-0.25, -0.2) is 0 Å². The predicted octanol–water partition coefficient (Wildman–Crippen LogP) is 4.10. The number of hydrogen-bond donors (Lipinski definition) is 1. The average Bonchev–Trinajstić information content (AvgIpc) is 3.35. The number of rotatable bonds is 7. The highest BCUT2D eigenvalue weighted by molar-refractivity contribution is 5.94. The lowest BCUT2D eigenvalue weighted by molar-refractivity contribution is -0.128. The number of hydrogen-bond acceptors (Lipinski definition) is 5. The summed E-state index contributed by atoms with van der Waals surface area (Å²) in [5, 5.41) is 12.4. The highest BCUT2D eigenvalue weighted by atomic mass is 16.5. The van der Waals surface area contributed by atoms with Crippen LogP contribution in [0.4, 0.5) is 5.69 Å². The van der Waals surface area contributed by atoms with E-state index in [0.717, 1.165) is 54.1 Å². The lowest BCUT2D eigenvalue weighted by Gasteiger charge is -2.36. The number of anilines is 1. The summed E-state index contributed by atoms with van der Waals surface area (Å²) in [7, 11) is 0. The lowest BCUT2D eigenvalue weighted by atomic mass is 9.81. The molecule has 0 unspecified atom stereocenters. The van der Waals surface area contributed by atoms with Crippen molar-refractivity contribution >= 4 is 17.5 Å². The van der Waals surface area contributed by atoms with Crippen molar-refractivity contribution in [1.29, 1.82) is 0 Å². The molecule has 8 nitrogen and oxygen atoms in total. The Balaban J connectivity index is 1.40.